The van der Waals surface area contributed by atoms with E-state index in [1.807, 2.05) is 36.4 Å². The van der Waals surface area contributed by atoms with Crippen LogP contribution in [-0.2, 0) is 0 Å². The van der Waals surface area contributed by atoms with Crippen LogP contribution in [0.4, 0.5) is 14.9 Å². The monoisotopic (exact) mass is 327 g/mol. The van der Waals surface area contributed by atoms with Gasteiger partial charge in [0.25, 0.3) is 0 Å². The number of urea groups is 1. The molecule has 2 rings (SSSR count). The number of carbonyl (C=O) groups excluding carboxylic acids is 1. The van der Waals surface area contributed by atoms with Gasteiger partial charge in [-0.25, -0.2) is 9.18 Å². The number of aliphatic hydroxyl groups is 1. The van der Waals surface area contributed by atoms with E-state index in [9.17, 15) is 9.18 Å². The second-order valence-electron chi connectivity index (χ2n) is 5.23. The number of nitrogens with one attached hydrogen (secondary N) is 2. The number of halogens is 1. The molecule has 6 heteroatoms. The van der Waals surface area contributed by atoms with Gasteiger partial charge in [0.15, 0.2) is 0 Å². The molecule has 2 aromatic rings. The summed E-state index contributed by atoms with van der Waals surface area (Å²) >= 11 is 0. The number of anilines is 1. The van der Waals surface area contributed by atoms with Gasteiger partial charge in [0, 0.05) is 6.61 Å². The van der Waals surface area contributed by atoms with Crippen molar-refractivity contribution < 1.29 is 14.3 Å². The highest BCUT2D eigenvalue weighted by Gasteiger charge is 2.15. The van der Waals surface area contributed by atoms with Crippen LogP contribution in [0.5, 0.6) is 0 Å². The Hall–Kier alpha value is -2.91. The largest absolute Gasteiger partial charge is 0.396 e. The van der Waals surface area contributed by atoms with Crippen molar-refractivity contribution in [1.82, 2.24) is 5.32 Å². The van der Waals surface area contributed by atoms with Gasteiger partial charge in [0.2, 0.25) is 0 Å². The van der Waals surface area contributed by atoms with E-state index in [1.54, 1.807) is 0 Å². The lowest BCUT2D eigenvalue weighted by Gasteiger charge is -2.19. The molecular formula is C18H18FN3O2. The quantitative estimate of drug-likeness (QED) is 0.761. The lowest BCUT2D eigenvalue weighted by molar-refractivity contribution is 0.244. The normalized spacial score (nSPS) is 11.4. The van der Waals surface area contributed by atoms with Gasteiger partial charge in [-0.2, -0.15) is 5.26 Å². The molecule has 1 unspecified atom stereocenters. The molecular weight excluding hydrogens is 309 g/mol. The van der Waals surface area contributed by atoms with Crippen molar-refractivity contribution >= 4 is 11.7 Å². The zero-order valence-corrected chi connectivity index (χ0v) is 13.0. The minimum Gasteiger partial charge on any atom is -0.396 e. The standard InChI is InChI=1S/C18H18FN3O2/c19-15-8-9-17(14(11-15)12-20)22-18(24)21-16(7-4-10-23)13-5-2-1-3-6-13/h1-3,5-6,8-9,11,16,23H,4,7,10H2,(H2,21,22,24). The average molecular weight is 327 g/mol. The molecule has 2 aromatic carbocycles. The van der Waals surface area contributed by atoms with Crippen LogP contribution in [-0.4, -0.2) is 17.7 Å². The molecule has 1 atom stereocenters. The van der Waals surface area contributed by atoms with Gasteiger partial charge in [0.1, 0.15) is 11.9 Å². The summed E-state index contributed by atoms with van der Waals surface area (Å²) in [5, 5.41) is 23.4. The summed E-state index contributed by atoms with van der Waals surface area (Å²) in [7, 11) is 0. The summed E-state index contributed by atoms with van der Waals surface area (Å²) in [4.78, 5) is 12.2. The second-order valence-corrected chi connectivity index (χ2v) is 5.23. The van der Waals surface area contributed by atoms with E-state index >= 15 is 0 Å². The van der Waals surface area contributed by atoms with Gasteiger partial charge >= 0.3 is 6.03 Å². The Bertz CT molecular complexity index is 729. The predicted octanol–water partition coefficient (Wildman–Crippen LogP) is 3.33. The van der Waals surface area contributed by atoms with Gasteiger partial charge in [-0.05, 0) is 36.6 Å². The van der Waals surface area contributed by atoms with Crippen molar-refractivity contribution in [2.24, 2.45) is 0 Å². The lowest BCUT2D eigenvalue weighted by atomic mass is 10.0. The molecule has 0 fully saturated rings. The molecule has 124 valence electrons. The summed E-state index contributed by atoms with van der Waals surface area (Å²) in [5.74, 6) is -0.539. The number of rotatable bonds is 6. The highest BCUT2D eigenvalue weighted by molar-refractivity contribution is 5.91. The minimum absolute atomic E-state index is 0.0309. The average Bonchev–Trinajstić information content (AvgIpc) is 2.60. The lowest BCUT2D eigenvalue weighted by Crippen LogP contribution is -2.33. The van der Waals surface area contributed by atoms with Crippen LogP contribution in [0, 0.1) is 17.1 Å². The second kappa shape index (κ2) is 8.65. The van der Waals surface area contributed by atoms with E-state index in [-0.39, 0.29) is 23.9 Å². The summed E-state index contributed by atoms with van der Waals surface area (Å²) in [6, 6.07) is 14.1. The third-order valence-corrected chi connectivity index (χ3v) is 3.51. The molecule has 0 bridgehead atoms. The van der Waals surface area contributed by atoms with Crippen LogP contribution in [0.15, 0.2) is 48.5 Å². The first-order chi connectivity index (χ1) is 11.6. The molecule has 2 amide bonds. The fourth-order valence-corrected chi connectivity index (χ4v) is 2.34. The van der Waals surface area contributed by atoms with Crippen LogP contribution >= 0.6 is 0 Å². The van der Waals surface area contributed by atoms with Gasteiger partial charge in [-0.1, -0.05) is 30.3 Å². The van der Waals surface area contributed by atoms with Gasteiger partial charge in [-0.3, -0.25) is 0 Å². The van der Waals surface area contributed by atoms with Crippen LogP contribution < -0.4 is 10.6 Å². The Labute approximate surface area is 139 Å². The summed E-state index contributed by atoms with van der Waals surface area (Å²) in [5.41, 5.74) is 1.21. The van der Waals surface area contributed by atoms with E-state index in [4.69, 9.17) is 10.4 Å². The third-order valence-electron chi connectivity index (χ3n) is 3.51. The first-order valence-electron chi connectivity index (χ1n) is 7.57. The highest BCUT2D eigenvalue weighted by atomic mass is 19.1. The van der Waals surface area contributed by atoms with Crippen molar-refractivity contribution in [3.8, 4) is 6.07 Å². The summed E-state index contributed by atoms with van der Waals surface area (Å²) in [6.45, 7) is 0.0309. The topological polar surface area (TPSA) is 85.2 Å². The highest BCUT2D eigenvalue weighted by Crippen LogP contribution is 2.20. The van der Waals surface area contributed by atoms with Crippen molar-refractivity contribution in [3.63, 3.8) is 0 Å². The maximum atomic E-state index is 13.1. The molecule has 0 saturated heterocycles. The maximum absolute atomic E-state index is 13.1. The number of amides is 2. The number of hydrogen-bond donors (Lipinski definition) is 3. The van der Waals surface area contributed by atoms with E-state index < -0.39 is 11.8 Å². The van der Waals surface area contributed by atoms with Crippen molar-refractivity contribution in [1.29, 1.82) is 5.26 Å². The number of benzene rings is 2. The Morgan fingerprint density at radius 1 is 1.25 bits per heavy atom. The zero-order chi connectivity index (χ0) is 17.4. The molecule has 0 aliphatic rings. The molecule has 0 aliphatic carbocycles. The van der Waals surface area contributed by atoms with Crippen molar-refractivity contribution in [2.45, 2.75) is 18.9 Å². The van der Waals surface area contributed by atoms with E-state index in [0.717, 1.165) is 11.6 Å². The molecule has 24 heavy (non-hydrogen) atoms. The van der Waals surface area contributed by atoms with E-state index in [2.05, 4.69) is 10.6 Å². The van der Waals surface area contributed by atoms with Crippen LogP contribution in [0.3, 0.4) is 0 Å². The first-order valence-corrected chi connectivity index (χ1v) is 7.57. The molecule has 0 radical (unpaired) electrons. The first kappa shape index (κ1) is 17.4. The fraction of sp³-hybridized carbons (Fsp3) is 0.222. The number of nitriles is 1. The Morgan fingerprint density at radius 2 is 2.00 bits per heavy atom. The molecule has 0 saturated carbocycles. The van der Waals surface area contributed by atoms with E-state index in [0.29, 0.717) is 12.8 Å². The van der Waals surface area contributed by atoms with Crippen LogP contribution in [0.25, 0.3) is 0 Å². The van der Waals surface area contributed by atoms with Crippen molar-refractivity contribution in [3.05, 3.63) is 65.5 Å². The summed E-state index contributed by atoms with van der Waals surface area (Å²) < 4.78 is 13.1. The molecule has 5 nitrogen and oxygen atoms in total. The maximum Gasteiger partial charge on any atom is 0.319 e. The Morgan fingerprint density at radius 3 is 2.67 bits per heavy atom. The van der Waals surface area contributed by atoms with E-state index in [1.165, 1.54) is 12.1 Å². The molecule has 0 aliphatic heterocycles. The van der Waals surface area contributed by atoms with Crippen molar-refractivity contribution in [2.75, 3.05) is 11.9 Å². The minimum atomic E-state index is -0.539. The van der Waals surface area contributed by atoms with Gasteiger partial charge in [-0.15, -0.1) is 0 Å². The van der Waals surface area contributed by atoms with Gasteiger partial charge in [0.05, 0.1) is 17.3 Å². The number of carbonyl (C=O) groups is 1. The van der Waals surface area contributed by atoms with Crippen LogP contribution in [0.1, 0.15) is 30.0 Å². The Balaban J connectivity index is 2.09. The summed E-state index contributed by atoms with van der Waals surface area (Å²) in [6.07, 6.45) is 1.11. The SMILES string of the molecule is N#Cc1cc(F)ccc1NC(=O)NC(CCCO)c1ccccc1. The molecule has 0 heterocycles. The number of aliphatic hydroxyl groups excluding tert-OH is 1. The number of nitrogens with zero attached hydrogens (tertiary/aromatic N) is 1. The molecule has 0 aromatic heterocycles. The smallest absolute Gasteiger partial charge is 0.319 e. The van der Waals surface area contributed by atoms with Crippen LogP contribution in [0.2, 0.25) is 0 Å². The Kier molecular flexibility index (Phi) is 6.29. The van der Waals surface area contributed by atoms with Gasteiger partial charge < -0.3 is 15.7 Å². The zero-order valence-electron chi connectivity index (χ0n) is 13.0. The fourth-order valence-electron chi connectivity index (χ4n) is 2.34. The predicted molar refractivity (Wildman–Crippen MR) is 88.8 cm³/mol. The molecule has 0 spiro atoms. The molecule has 3 N–H and O–H groups in total. The third kappa shape index (κ3) is 4.80. The number of hydrogen-bond acceptors (Lipinski definition) is 3.